The topological polar surface area (TPSA) is 0 Å². The molecule has 0 unspecified atom stereocenters. The van der Waals surface area contributed by atoms with Crippen LogP contribution in [0.15, 0.2) is 267 Å². The monoisotopic (exact) mass is 1290 g/mol. The summed E-state index contributed by atoms with van der Waals surface area (Å²) in [5.41, 5.74) is 28.7. The second kappa shape index (κ2) is 26.2. The second-order valence-electron chi connectivity index (χ2n) is 30.2. The van der Waals surface area contributed by atoms with Crippen LogP contribution in [0.2, 0.25) is 0 Å². The molecule has 2 aliphatic rings. The molecule has 0 aliphatic heterocycles. The maximum Gasteiger partial charge on any atom is 0.0159 e. The van der Waals surface area contributed by atoms with Crippen molar-refractivity contribution < 1.29 is 0 Å². The van der Waals surface area contributed by atoms with Gasteiger partial charge in [0, 0.05) is 10.8 Å². The Labute approximate surface area is 592 Å². The van der Waals surface area contributed by atoms with Crippen LogP contribution >= 0.6 is 0 Å². The Morgan fingerprint density at radius 1 is 0.200 bits per heavy atom. The van der Waals surface area contributed by atoms with Gasteiger partial charge >= 0.3 is 0 Å². The summed E-state index contributed by atoms with van der Waals surface area (Å²) in [6, 6.07) is 104. The third kappa shape index (κ3) is 10.8. The zero-order valence-electron chi connectivity index (χ0n) is 59.3. The summed E-state index contributed by atoms with van der Waals surface area (Å²) < 4.78 is 0. The van der Waals surface area contributed by atoms with Gasteiger partial charge in [0.05, 0.1) is 0 Å². The van der Waals surface area contributed by atoms with E-state index < -0.39 is 0 Å². The fraction of sp³-hybridized carbons (Fsp3) is 0.220. The van der Waals surface area contributed by atoms with E-state index in [0.29, 0.717) is 0 Å². The molecule has 15 aromatic rings. The molecule has 0 aromatic heterocycles. The molecule has 17 rings (SSSR count). The van der Waals surface area contributed by atoms with Crippen LogP contribution in [-0.2, 0) is 23.7 Å². The Balaban J connectivity index is 0.691. The molecule has 0 heteroatoms. The van der Waals surface area contributed by atoms with Crippen LogP contribution < -0.4 is 0 Å². The van der Waals surface area contributed by atoms with Gasteiger partial charge in [0.2, 0.25) is 0 Å². The number of fused-ring (bicyclic) bond motifs is 12. The smallest absolute Gasteiger partial charge is 0.0159 e. The van der Waals surface area contributed by atoms with Crippen LogP contribution in [0.3, 0.4) is 0 Å². The van der Waals surface area contributed by atoms with Crippen LogP contribution in [0.1, 0.15) is 152 Å². The molecule has 0 radical (unpaired) electrons. The lowest BCUT2D eigenvalue weighted by molar-refractivity contribution is 0.607. The summed E-state index contributed by atoms with van der Waals surface area (Å²) in [5.74, 6) is 0. The van der Waals surface area contributed by atoms with E-state index in [1.165, 1.54) is 264 Å². The van der Waals surface area contributed by atoms with Crippen molar-refractivity contribution in [1.29, 1.82) is 0 Å². The van der Waals surface area contributed by atoms with Crippen molar-refractivity contribution in [3.63, 3.8) is 0 Å². The molecule has 0 amide bonds. The highest BCUT2D eigenvalue weighted by Gasteiger charge is 2.39. The highest BCUT2D eigenvalue weighted by atomic mass is 14.4. The van der Waals surface area contributed by atoms with E-state index in [4.69, 9.17) is 0 Å². The van der Waals surface area contributed by atoms with Gasteiger partial charge in [-0.05, 0) is 237 Å². The van der Waals surface area contributed by atoms with Gasteiger partial charge in [-0.2, -0.15) is 0 Å². The van der Waals surface area contributed by atoms with Crippen LogP contribution in [0.4, 0.5) is 0 Å². The van der Waals surface area contributed by atoms with Crippen LogP contribution in [-0.4, -0.2) is 0 Å². The Hall–Kier alpha value is -10.1. The van der Waals surface area contributed by atoms with Crippen molar-refractivity contribution >= 4 is 64.6 Å². The highest BCUT2D eigenvalue weighted by Crippen LogP contribution is 2.56. The lowest BCUT2D eigenvalue weighted by atomic mass is 9.78. The van der Waals surface area contributed by atoms with Gasteiger partial charge in [0.25, 0.3) is 0 Å². The number of hydrogen-bond donors (Lipinski definition) is 0. The highest BCUT2D eigenvalue weighted by molar-refractivity contribution is 6.30. The zero-order chi connectivity index (χ0) is 67.6. The Morgan fingerprint density at radius 2 is 0.410 bits per heavy atom. The fourth-order valence-corrected chi connectivity index (χ4v) is 18.2. The maximum absolute atomic E-state index is 2.54. The van der Waals surface area contributed by atoms with Crippen molar-refractivity contribution in [1.82, 2.24) is 0 Å². The molecule has 15 aromatic carbocycles. The van der Waals surface area contributed by atoms with E-state index >= 15 is 0 Å². The summed E-state index contributed by atoms with van der Waals surface area (Å²) in [5, 5.41) is 15.4. The number of rotatable bonds is 20. The van der Waals surface area contributed by atoms with Crippen LogP contribution in [0.25, 0.3) is 154 Å². The molecule has 0 saturated carbocycles. The Kier molecular flexibility index (Phi) is 16.6. The first-order valence-corrected chi connectivity index (χ1v) is 37.7. The lowest BCUT2D eigenvalue weighted by Gasteiger charge is -2.24. The molecule has 0 saturated heterocycles. The van der Waals surface area contributed by atoms with E-state index in [1.54, 1.807) is 0 Å². The quantitative estimate of drug-likeness (QED) is 0.0527. The molecular weight excluding hydrogens is 1200 g/mol. The SMILES string of the molecule is CCCCCCCCc1ccc(-c2c3ccccc3c(-c3ccc4c(c3)C(C)(C)c3cc(-c5ccc6c(c5)C(C)(C)c5cc(-c7c8ccccc8c(-c8c9ccccc9c(-c9ccc(CCCCCCCC)cc9)c9ccccc89)c8ccccc78)ccc5-6)ccc3-4)c3ccccc23)cc1. The van der Waals surface area contributed by atoms with Crippen LogP contribution in [0, 0.1) is 0 Å². The average Bonchev–Trinajstić information content (AvgIpc) is 1.55. The average molecular weight is 1290 g/mol. The normalized spacial score (nSPS) is 13.4. The predicted octanol–water partition coefficient (Wildman–Crippen LogP) is 29.0. The van der Waals surface area contributed by atoms with Gasteiger partial charge in [-0.25, -0.2) is 0 Å². The summed E-state index contributed by atoms with van der Waals surface area (Å²) in [6.45, 7) is 14.4. The maximum atomic E-state index is 2.54. The lowest BCUT2D eigenvalue weighted by Crippen LogP contribution is -2.15. The molecule has 0 spiro atoms. The summed E-state index contributed by atoms with van der Waals surface area (Å²) in [4.78, 5) is 0. The molecular formula is C100H90. The molecule has 490 valence electrons. The van der Waals surface area contributed by atoms with Gasteiger partial charge in [0.15, 0.2) is 0 Å². The van der Waals surface area contributed by atoms with Crippen molar-refractivity contribution in [2.75, 3.05) is 0 Å². The first-order chi connectivity index (χ1) is 49.1. The molecule has 0 N–H and O–H groups in total. The number of hydrogen-bond acceptors (Lipinski definition) is 0. The van der Waals surface area contributed by atoms with E-state index in [-0.39, 0.29) is 10.8 Å². The van der Waals surface area contributed by atoms with Gasteiger partial charge < -0.3 is 0 Å². The molecule has 0 fully saturated rings. The molecule has 0 nitrogen and oxygen atoms in total. The minimum atomic E-state index is -0.247. The van der Waals surface area contributed by atoms with Gasteiger partial charge in [0.1, 0.15) is 0 Å². The number of benzene rings is 15. The molecule has 2 aliphatic carbocycles. The van der Waals surface area contributed by atoms with E-state index in [0.717, 1.165) is 12.8 Å². The van der Waals surface area contributed by atoms with Gasteiger partial charge in [-0.3, -0.25) is 0 Å². The van der Waals surface area contributed by atoms with Crippen molar-refractivity contribution in [3.8, 4) is 89.0 Å². The Bertz CT molecular complexity index is 5500. The van der Waals surface area contributed by atoms with Gasteiger partial charge in [-0.15, -0.1) is 0 Å². The summed E-state index contributed by atoms with van der Waals surface area (Å²) in [6.07, 6.45) is 18.1. The molecule has 100 heavy (non-hydrogen) atoms. The molecule has 0 heterocycles. The second-order valence-corrected chi connectivity index (χ2v) is 30.2. The standard InChI is InChI=1S/C100H90/c1-7-9-11-13-15-17-31-65-45-49-67(50-46-65)93-77-33-19-21-35-79(77)95(80-36-22-20-34-78(80)93)71-55-59-75-73-57-53-69(61-89(73)99(3,4)91(75)63-71)70-54-58-74-76-60-56-72(64-92(76)100(5,6)90(74)62-70)96-83-39-25-29-43-87(83)98(88-44-30-26-40-84(88)96)97-85-41-27-23-37-81(85)94(82-38-24-28-42-86(82)97)68-51-47-66(48-52-68)32-18-16-14-12-10-8-2/h19-30,33-64H,7-18,31-32H2,1-6H3. The third-order valence-electron chi connectivity index (χ3n) is 23.4. The van der Waals surface area contributed by atoms with E-state index in [2.05, 4.69) is 308 Å². The minimum absolute atomic E-state index is 0.222. The third-order valence-corrected chi connectivity index (χ3v) is 23.4. The van der Waals surface area contributed by atoms with E-state index in [1.807, 2.05) is 0 Å². The summed E-state index contributed by atoms with van der Waals surface area (Å²) >= 11 is 0. The zero-order valence-corrected chi connectivity index (χ0v) is 59.3. The Morgan fingerprint density at radius 3 is 0.680 bits per heavy atom. The largest absolute Gasteiger partial charge is 0.0654 e. The van der Waals surface area contributed by atoms with E-state index in [9.17, 15) is 0 Å². The van der Waals surface area contributed by atoms with Crippen molar-refractivity contribution in [2.45, 2.75) is 142 Å². The minimum Gasteiger partial charge on any atom is -0.0654 e. The number of aryl methyl sites for hydroxylation is 2. The van der Waals surface area contributed by atoms with Gasteiger partial charge in [-0.1, -0.05) is 348 Å². The molecule has 0 atom stereocenters. The first kappa shape index (κ1) is 63.3. The first-order valence-electron chi connectivity index (χ1n) is 37.7. The molecule has 0 bridgehead atoms. The van der Waals surface area contributed by atoms with Crippen LogP contribution in [0.5, 0.6) is 0 Å². The number of unbranched alkanes of at least 4 members (excludes halogenated alkanes) is 10. The van der Waals surface area contributed by atoms with Crippen molar-refractivity contribution in [3.05, 3.63) is 300 Å². The van der Waals surface area contributed by atoms with Crippen molar-refractivity contribution in [2.24, 2.45) is 0 Å². The predicted molar refractivity (Wildman–Crippen MR) is 433 cm³/mol. The fourth-order valence-electron chi connectivity index (χ4n) is 18.2. The summed E-state index contributed by atoms with van der Waals surface area (Å²) in [7, 11) is 0.